The van der Waals surface area contributed by atoms with Gasteiger partial charge in [0.15, 0.2) is 0 Å². The first-order valence-electron chi connectivity index (χ1n) is 5.68. The van der Waals surface area contributed by atoms with Crippen LogP contribution in [0.1, 0.15) is 26.7 Å². The second-order valence-corrected chi connectivity index (χ2v) is 5.06. The fraction of sp³-hybridized carbons (Fsp3) is 0.538. The van der Waals surface area contributed by atoms with E-state index in [1.54, 1.807) is 0 Å². The van der Waals surface area contributed by atoms with Gasteiger partial charge >= 0.3 is 0 Å². The molecule has 0 spiro atoms. The fourth-order valence-corrected chi connectivity index (χ4v) is 2.31. The maximum Gasteiger partial charge on any atom is 0.0371 e. The largest absolute Gasteiger partial charge is 0.365 e. The molecule has 2 N–H and O–H groups in total. The van der Waals surface area contributed by atoms with Crippen molar-refractivity contribution in [3.05, 3.63) is 30.3 Å². The topological polar surface area (TPSA) is 29.3 Å². The van der Waals surface area contributed by atoms with Crippen LogP contribution in [0.5, 0.6) is 0 Å². The van der Waals surface area contributed by atoms with Crippen molar-refractivity contribution in [2.45, 2.75) is 38.3 Å². The van der Waals surface area contributed by atoms with Crippen molar-refractivity contribution in [1.82, 2.24) is 0 Å². The third-order valence-electron chi connectivity index (χ3n) is 3.34. The van der Waals surface area contributed by atoms with E-state index in [2.05, 4.69) is 49.1 Å². The van der Waals surface area contributed by atoms with Crippen LogP contribution < -0.4 is 10.6 Å². The maximum atomic E-state index is 6.04. The minimum absolute atomic E-state index is 0.233. The number of anilines is 1. The smallest absolute Gasteiger partial charge is 0.0371 e. The van der Waals surface area contributed by atoms with Crippen LogP contribution in [0.2, 0.25) is 0 Å². The molecule has 82 valence electrons. The van der Waals surface area contributed by atoms with Crippen LogP contribution in [0.15, 0.2) is 30.3 Å². The Kier molecular flexibility index (Phi) is 2.70. The lowest BCUT2D eigenvalue weighted by molar-refractivity contribution is 0.335. The first-order valence-corrected chi connectivity index (χ1v) is 5.68. The van der Waals surface area contributed by atoms with E-state index in [4.69, 9.17) is 5.73 Å². The van der Waals surface area contributed by atoms with Gasteiger partial charge in [-0.25, -0.2) is 0 Å². The molecule has 1 atom stereocenters. The van der Waals surface area contributed by atoms with E-state index < -0.39 is 0 Å². The number of benzene rings is 1. The number of piperidine rings is 1. The zero-order chi connectivity index (χ0) is 10.9. The van der Waals surface area contributed by atoms with Gasteiger partial charge in [-0.2, -0.15) is 0 Å². The standard InChI is InChI=1S/C13H20N2/c1-13(2)9-8-11(14)10-15(13)12-6-4-3-5-7-12/h3-7,11H,8-10,14H2,1-2H3. The Morgan fingerprint density at radius 3 is 2.60 bits per heavy atom. The molecule has 1 aromatic rings. The summed E-state index contributed by atoms with van der Waals surface area (Å²) in [5, 5.41) is 0. The predicted octanol–water partition coefficient (Wildman–Crippen LogP) is 2.39. The van der Waals surface area contributed by atoms with Gasteiger partial charge in [0, 0.05) is 23.8 Å². The lowest BCUT2D eigenvalue weighted by Crippen LogP contribution is -2.54. The number of rotatable bonds is 1. The van der Waals surface area contributed by atoms with E-state index >= 15 is 0 Å². The molecule has 2 rings (SSSR count). The molecule has 0 radical (unpaired) electrons. The molecule has 0 aliphatic carbocycles. The van der Waals surface area contributed by atoms with Gasteiger partial charge < -0.3 is 10.6 Å². The Morgan fingerprint density at radius 1 is 1.27 bits per heavy atom. The molecule has 1 heterocycles. The molecule has 0 amide bonds. The Balaban J connectivity index is 2.26. The molecule has 2 nitrogen and oxygen atoms in total. The molecule has 0 bridgehead atoms. The summed E-state index contributed by atoms with van der Waals surface area (Å²) in [5.74, 6) is 0. The van der Waals surface area contributed by atoms with Gasteiger partial charge in [0.2, 0.25) is 0 Å². The second-order valence-electron chi connectivity index (χ2n) is 5.06. The number of hydrogen-bond acceptors (Lipinski definition) is 2. The summed E-state index contributed by atoms with van der Waals surface area (Å²) in [5.41, 5.74) is 7.56. The van der Waals surface area contributed by atoms with Crippen molar-refractivity contribution in [3.8, 4) is 0 Å². The monoisotopic (exact) mass is 204 g/mol. The van der Waals surface area contributed by atoms with Crippen LogP contribution in [0.25, 0.3) is 0 Å². The summed E-state index contributed by atoms with van der Waals surface area (Å²) in [6.07, 6.45) is 2.30. The summed E-state index contributed by atoms with van der Waals surface area (Å²) in [7, 11) is 0. The average Bonchev–Trinajstić information content (AvgIpc) is 2.23. The van der Waals surface area contributed by atoms with Crippen molar-refractivity contribution in [1.29, 1.82) is 0 Å². The summed E-state index contributed by atoms with van der Waals surface area (Å²) in [6, 6.07) is 10.9. The highest BCUT2D eigenvalue weighted by molar-refractivity contribution is 5.49. The van der Waals surface area contributed by atoms with Crippen LogP contribution in [-0.2, 0) is 0 Å². The summed E-state index contributed by atoms with van der Waals surface area (Å²) >= 11 is 0. The Bertz CT molecular complexity index is 319. The second kappa shape index (κ2) is 3.86. The van der Waals surface area contributed by atoms with E-state index in [0.717, 1.165) is 13.0 Å². The van der Waals surface area contributed by atoms with E-state index in [1.807, 2.05) is 0 Å². The van der Waals surface area contributed by atoms with Crippen LogP contribution in [0.4, 0.5) is 5.69 Å². The first kappa shape index (κ1) is 10.5. The third-order valence-corrected chi connectivity index (χ3v) is 3.34. The molecule has 0 saturated carbocycles. The van der Waals surface area contributed by atoms with Crippen molar-refractivity contribution in [3.63, 3.8) is 0 Å². The lowest BCUT2D eigenvalue weighted by Gasteiger charge is -2.46. The lowest BCUT2D eigenvalue weighted by atomic mass is 9.88. The zero-order valence-electron chi connectivity index (χ0n) is 9.61. The Labute approximate surface area is 92.1 Å². The molecule has 1 aliphatic rings. The fourth-order valence-electron chi connectivity index (χ4n) is 2.31. The summed E-state index contributed by atoms with van der Waals surface area (Å²) in [4.78, 5) is 2.43. The molecule has 1 unspecified atom stereocenters. The molecule has 1 fully saturated rings. The number of nitrogens with zero attached hydrogens (tertiary/aromatic N) is 1. The molecule has 0 aromatic heterocycles. The Hall–Kier alpha value is -1.02. The van der Waals surface area contributed by atoms with E-state index in [-0.39, 0.29) is 5.54 Å². The maximum absolute atomic E-state index is 6.04. The molecular formula is C13H20N2. The van der Waals surface area contributed by atoms with Gasteiger partial charge in [0.1, 0.15) is 0 Å². The zero-order valence-corrected chi connectivity index (χ0v) is 9.61. The minimum Gasteiger partial charge on any atom is -0.365 e. The molecule has 2 heteroatoms. The molecular weight excluding hydrogens is 184 g/mol. The molecule has 1 aromatic carbocycles. The highest BCUT2D eigenvalue weighted by Gasteiger charge is 2.32. The van der Waals surface area contributed by atoms with Crippen molar-refractivity contribution >= 4 is 5.69 Å². The number of hydrogen-bond donors (Lipinski definition) is 1. The van der Waals surface area contributed by atoms with Crippen molar-refractivity contribution < 1.29 is 0 Å². The van der Waals surface area contributed by atoms with Crippen molar-refractivity contribution in [2.75, 3.05) is 11.4 Å². The van der Waals surface area contributed by atoms with Gasteiger partial charge in [0.05, 0.1) is 0 Å². The van der Waals surface area contributed by atoms with Crippen molar-refractivity contribution in [2.24, 2.45) is 5.73 Å². The van der Waals surface area contributed by atoms with Crippen LogP contribution in [0, 0.1) is 0 Å². The number of nitrogens with two attached hydrogens (primary N) is 1. The average molecular weight is 204 g/mol. The van der Waals surface area contributed by atoms with Gasteiger partial charge in [-0.05, 0) is 38.8 Å². The van der Waals surface area contributed by atoms with Gasteiger partial charge in [-0.15, -0.1) is 0 Å². The van der Waals surface area contributed by atoms with Crippen LogP contribution in [-0.4, -0.2) is 18.1 Å². The molecule has 1 saturated heterocycles. The van der Waals surface area contributed by atoms with Crippen LogP contribution >= 0.6 is 0 Å². The normalized spacial score (nSPS) is 25.3. The molecule has 1 aliphatic heterocycles. The van der Waals surface area contributed by atoms with Crippen LogP contribution in [0.3, 0.4) is 0 Å². The summed E-state index contributed by atoms with van der Waals surface area (Å²) in [6.45, 7) is 5.56. The van der Waals surface area contributed by atoms with E-state index in [9.17, 15) is 0 Å². The third kappa shape index (κ3) is 2.15. The van der Waals surface area contributed by atoms with Gasteiger partial charge in [0.25, 0.3) is 0 Å². The number of para-hydroxylation sites is 1. The van der Waals surface area contributed by atoms with Gasteiger partial charge in [-0.3, -0.25) is 0 Å². The highest BCUT2D eigenvalue weighted by atomic mass is 15.2. The van der Waals surface area contributed by atoms with Gasteiger partial charge in [-0.1, -0.05) is 18.2 Å². The van der Waals surface area contributed by atoms with E-state index in [1.165, 1.54) is 12.1 Å². The Morgan fingerprint density at radius 2 is 1.93 bits per heavy atom. The SMILES string of the molecule is CC1(C)CCC(N)CN1c1ccccc1. The molecule has 15 heavy (non-hydrogen) atoms. The summed E-state index contributed by atoms with van der Waals surface area (Å²) < 4.78 is 0. The van der Waals surface area contributed by atoms with E-state index in [0.29, 0.717) is 6.04 Å². The first-order chi connectivity index (χ1) is 7.09. The minimum atomic E-state index is 0.233. The highest BCUT2D eigenvalue weighted by Crippen LogP contribution is 2.31. The quantitative estimate of drug-likeness (QED) is 0.761. The predicted molar refractivity (Wildman–Crippen MR) is 65.1 cm³/mol.